The summed E-state index contributed by atoms with van der Waals surface area (Å²) in [5, 5.41) is 4.51. The Bertz CT molecular complexity index is 999. The third-order valence-corrected chi connectivity index (χ3v) is 4.26. The first-order valence-electron chi connectivity index (χ1n) is 8.27. The van der Waals surface area contributed by atoms with Gasteiger partial charge >= 0.3 is 0 Å². The zero-order valence-electron chi connectivity index (χ0n) is 14.1. The van der Waals surface area contributed by atoms with Gasteiger partial charge in [0.2, 0.25) is 6.10 Å². The maximum absolute atomic E-state index is 12.2. The van der Waals surface area contributed by atoms with Crippen molar-refractivity contribution in [2.45, 2.75) is 6.10 Å². The summed E-state index contributed by atoms with van der Waals surface area (Å²) in [7, 11) is 0. The number of carbonyl (C=O) groups is 1. The third kappa shape index (κ3) is 3.80. The molecule has 6 nitrogen and oxygen atoms in total. The SMILES string of the molecule is O=C(N/N=C\c1ccc(-c2ccccc2Cl)o1)C1COc2ccccc2O1. The Morgan fingerprint density at radius 2 is 1.85 bits per heavy atom. The lowest BCUT2D eigenvalue weighted by atomic mass is 10.2. The maximum Gasteiger partial charge on any atom is 0.284 e. The van der Waals surface area contributed by atoms with Gasteiger partial charge in [-0.2, -0.15) is 5.10 Å². The van der Waals surface area contributed by atoms with E-state index in [9.17, 15) is 4.79 Å². The van der Waals surface area contributed by atoms with Crippen molar-refractivity contribution in [1.29, 1.82) is 0 Å². The number of hydrogen-bond acceptors (Lipinski definition) is 5. The van der Waals surface area contributed by atoms with Crippen LogP contribution in [0.2, 0.25) is 5.02 Å². The Morgan fingerprint density at radius 1 is 1.07 bits per heavy atom. The van der Waals surface area contributed by atoms with Gasteiger partial charge in [-0.05, 0) is 36.4 Å². The molecule has 4 rings (SSSR count). The van der Waals surface area contributed by atoms with Crippen molar-refractivity contribution in [2.75, 3.05) is 6.61 Å². The number of hydrazone groups is 1. The van der Waals surface area contributed by atoms with E-state index in [0.717, 1.165) is 5.56 Å². The molecule has 0 bridgehead atoms. The number of fused-ring (bicyclic) bond motifs is 1. The number of ether oxygens (including phenoxy) is 2. The molecule has 0 spiro atoms. The van der Waals surface area contributed by atoms with E-state index in [-0.39, 0.29) is 6.61 Å². The molecule has 0 saturated carbocycles. The molecule has 2 aromatic carbocycles. The van der Waals surface area contributed by atoms with Crippen molar-refractivity contribution < 1.29 is 18.7 Å². The molecule has 0 fully saturated rings. The molecule has 1 aromatic heterocycles. The van der Waals surface area contributed by atoms with Gasteiger partial charge in [0.1, 0.15) is 18.1 Å². The van der Waals surface area contributed by atoms with Crippen molar-refractivity contribution in [3.63, 3.8) is 0 Å². The summed E-state index contributed by atoms with van der Waals surface area (Å²) >= 11 is 6.16. The van der Waals surface area contributed by atoms with Gasteiger partial charge in [-0.1, -0.05) is 35.9 Å². The van der Waals surface area contributed by atoms with Crippen LogP contribution in [0.3, 0.4) is 0 Å². The van der Waals surface area contributed by atoms with Crippen LogP contribution in [0.1, 0.15) is 5.76 Å². The highest BCUT2D eigenvalue weighted by Crippen LogP contribution is 2.31. The maximum atomic E-state index is 12.2. The molecule has 27 heavy (non-hydrogen) atoms. The molecule has 7 heteroatoms. The first-order chi connectivity index (χ1) is 13.2. The Morgan fingerprint density at radius 3 is 2.70 bits per heavy atom. The largest absolute Gasteiger partial charge is 0.485 e. The molecule has 1 atom stereocenters. The molecule has 1 unspecified atom stereocenters. The number of amides is 1. The first kappa shape index (κ1) is 17.2. The summed E-state index contributed by atoms with van der Waals surface area (Å²) in [5.41, 5.74) is 3.22. The van der Waals surface area contributed by atoms with E-state index in [0.29, 0.717) is 28.0 Å². The minimum atomic E-state index is -0.771. The van der Waals surface area contributed by atoms with Crippen LogP contribution in [-0.4, -0.2) is 24.8 Å². The molecule has 0 aliphatic carbocycles. The lowest BCUT2D eigenvalue weighted by Crippen LogP contribution is -2.42. The van der Waals surface area contributed by atoms with Crippen LogP contribution in [0.4, 0.5) is 0 Å². The third-order valence-electron chi connectivity index (χ3n) is 3.93. The van der Waals surface area contributed by atoms with E-state index >= 15 is 0 Å². The molecule has 1 aliphatic rings. The Hall–Kier alpha value is -3.25. The van der Waals surface area contributed by atoms with Crippen molar-refractivity contribution in [3.05, 3.63) is 71.4 Å². The summed E-state index contributed by atoms with van der Waals surface area (Å²) in [6.45, 7) is 0.121. The monoisotopic (exact) mass is 382 g/mol. The Balaban J connectivity index is 1.37. The van der Waals surface area contributed by atoms with Crippen LogP contribution in [0.15, 0.2) is 70.2 Å². The van der Waals surface area contributed by atoms with Crippen molar-refractivity contribution in [2.24, 2.45) is 5.10 Å². The lowest BCUT2D eigenvalue weighted by molar-refractivity contribution is -0.130. The van der Waals surface area contributed by atoms with Gasteiger partial charge in [-0.25, -0.2) is 5.43 Å². The molecule has 1 aliphatic heterocycles. The van der Waals surface area contributed by atoms with Gasteiger partial charge in [0.25, 0.3) is 5.91 Å². The summed E-state index contributed by atoms with van der Waals surface area (Å²) in [6.07, 6.45) is 0.642. The van der Waals surface area contributed by atoms with Crippen LogP contribution < -0.4 is 14.9 Å². The predicted octanol–water partition coefficient (Wildman–Crippen LogP) is 3.89. The fraction of sp³-hybridized carbons (Fsp3) is 0.100. The average Bonchev–Trinajstić information content (AvgIpc) is 3.16. The molecule has 0 saturated heterocycles. The van der Waals surface area contributed by atoms with Gasteiger partial charge in [0.15, 0.2) is 11.5 Å². The summed E-state index contributed by atoms with van der Waals surface area (Å²) < 4.78 is 16.8. The second-order valence-corrected chi connectivity index (χ2v) is 6.19. The number of nitrogens with zero attached hydrogens (tertiary/aromatic N) is 1. The van der Waals surface area contributed by atoms with Gasteiger partial charge in [0.05, 0.1) is 11.2 Å². The number of para-hydroxylation sites is 2. The molecule has 1 N–H and O–H groups in total. The van der Waals surface area contributed by atoms with Crippen LogP contribution in [0.25, 0.3) is 11.3 Å². The van der Waals surface area contributed by atoms with Crippen molar-refractivity contribution >= 4 is 23.7 Å². The summed E-state index contributed by atoms with van der Waals surface area (Å²) in [5.74, 6) is 1.85. The molecular formula is C20H15ClN2O4. The highest BCUT2D eigenvalue weighted by molar-refractivity contribution is 6.33. The number of furan rings is 1. The zero-order valence-corrected chi connectivity index (χ0v) is 14.8. The Labute approximate surface area is 160 Å². The van der Waals surface area contributed by atoms with Gasteiger partial charge < -0.3 is 13.9 Å². The van der Waals surface area contributed by atoms with Gasteiger partial charge in [0, 0.05) is 5.56 Å². The van der Waals surface area contributed by atoms with Crippen LogP contribution in [-0.2, 0) is 4.79 Å². The normalized spacial score (nSPS) is 15.7. The van der Waals surface area contributed by atoms with Crippen LogP contribution in [0, 0.1) is 0 Å². The predicted molar refractivity (Wildman–Crippen MR) is 101 cm³/mol. The molecular weight excluding hydrogens is 368 g/mol. The van der Waals surface area contributed by atoms with E-state index in [1.807, 2.05) is 30.3 Å². The molecule has 3 aromatic rings. The number of benzene rings is 2. The molecule has 0 radical (unpaired) electrons. The Kier molecular flexibility index (Phi) is 4.80. The highest BCUT2D eigenvalue weighted by atomic mass is 35.5. The quantitative estimate of drug-likeness (QED) is 0.548. The zero-order chi connectivity index (χ0) is 18.6. The number of halogens is 1. The van der Waals surface area contributed by atoms with E-state index < -0.39 is 12.0 Å². The number of carbonyl (C=O) groups excluding carboxylic acids is 1. The smallest absolute Gasteiger partial charge is 0.284 e. The molecule has 2 heterocycles. The van der Waals surface area contributed by atoms with Crippen LogP contribution in [0.5, 0.6) is 11.5 Å². The fourth-order valence-corrected chi connectivity index (χ4v) is 2.84. The topological polar surface area (TPSA) is 73.1 Å². The fourth-order valence-electron chi connectivity index (χ4n) is 2.61. The highest BCUT2D eigenvalue weighted by Gasteiger charge is 2.27. The molecule has 136 valence electrons. The van der Waals surface area contributed by atoms with E-state index in [4.69, 9.17) is 25.5 Å². The van der Waals surface area contributed by atoms with Crippen molar-refractivity contribution in [1.82, 2.24) is 5.43 Å². The standard InChI is InChI=1S/C20H15ClN2O4/c21-15-6-2-1-5-14(15)16-10-9-13(26-16)11-22-23-20(24)19-12-25-17-7-3-4-8-18(17)27-19/h1-11,19H,12H2,(H,23,24)/b22-11-. The lowest BCUT2D eigenvalue weighted by Gasteiger charge is -2.24. The summed E-state index contributed by atoms with van der Waals surface area (Å²) in [6, 6.07) is 18.1. The number of hydrogen-bond donors (Lipinski definition) is 1. The minimum Gasteiger partial charge on any atom is -0.485 e. The first-order valence-corrected chi connectivity index (χ1v) is 8.64. The van der Waals surface area contributed by atoms with Gasteiger partial charge in [-0.15, -0.1) is 0 Å². The number of nitrogens with one attached hydrogen (secondary N) is 1. The van der Waals surface area contributed by atoms with Crippen molar-refractivity contribution in [3.8, 4) is 22.8 Å². The van der Waals surface area contributed by atoms with E-state index in [1.54, 1.807) is 30.3 Å². The van der Waals surface area contributed by atoms with E-state index in [2.05, 4.69) is 10.5 Å². The van der Waals surface area contributed by atoms with E-state index in [1.165, 1.54) is 6.21 Å². The molecule has 1 amide bonds. The number of rotatable bonds is 4. The summed E-state index contributed by atoms with van der Waals surface area (Å²) in [4.78, 5) is 12.2. The van der Waals surface area contributed by atoms with Gasteiger partial charge in [-0.3, -0.25) is 4.79 Å². The average molecular weight is 383 g/mol. The van der Waals surface area contributed by atoms with Crippen LogP contribution >= 0.6 is 11.6 Å². The second kappa shape index (κ2) is 7.55. The second-order valence-electron chi connectivity index (χ2n) is 5.78. The minimum absolute atomic E-state index is 0.121.